The van der Waals surface area contributed by atoms with Crippen molar-refractivity contribution in [2.24, 2.45) is 0 Å². The van der Waals surface area contributed by atoms with Crippen LogP contribution in [-0.4, -0.2) is 24.9 Å². The van der Waals surface area contributed by atoms with E-state index in [0.717, 1.165) is 0 Å². The largest absolute Gasteiger partial charge is 0.480 e. The van der Waals surface area contributed by atoms with Crippen LogP contribution in [0.25, 0.3) is 0 Å². The molecule has 1 aromatic carbocycles. The average Bonchev–Trinajstić information content (AvgIpc) is 2.52. The van der Waals surface area contributed by atoms with Crippen molar-refractivity contribution in [1.82, 2.24) is 9.97 Å². The fraction of sp³-hybridized carbons (Fsp3) is 0.444. The third-order valence-electron chi connectivity index (χ3n) is 4.59. The average molecular weight is 398 g/mol. The second-order valence-electron chi connectivity index (χ2n) is 7.59. The molecule has 2 N–H and O–H groups in total. The van der Waals surface area contributed by atoms with Crippen LogP contribution in [0.5, 0.6) is 5.75 Å². The van der Waals surface area contributed by atoms with Crippen LogP contribution in [0.4, 0.5) is 10.3 Å². The molecule has 2 rings (SSSR count). The molecule has 0 saturated carbocycles. The van der Waals surface area contributed by atoms with E-state index in [-0.39, 0.29) is 22.6 Å². The van der Waals surface area contributed by atoms with Crippen LogP contribution >= 0.6 is 11.6 Å². The molecule has 8 heteroatoms. The van der Waals surface area contributed by atoms with E-state index in [1.807, 2.05) is 0 Å². The Morgan fingerprint density at radius 3 is 2.54 bits per heavy atom. The number of aromatic nitrogens is 2. The molecule has 5 nitrogen and oxygen atoms in total. The number of nitrogen functional groups attached to an aromatic ring is 1. The van der Waals surface area contributed by atoms with Crippen molar-refractivity contribution in [3.8, 4) is 5.75 Å². The summed E-state index contributed by atoms with van der Waals surface area (Å²) in [5.74, 6) is 0.0745. The molecule has 1 unspecified atom stereocenters. The van der Waals surface area contributed by atoms with Crippen molar-refractivity contribution in [1.29, 1.82) is 0 Å². The van der Waals surface area contributed by atoms with Crippen molar-refractivity contribution in [2.45, 2.75) is 45.0 Å². The van der Waals surface area contributed by atoms with E-state index in [1.165, 1.54) is 18.2 Å². The molecule has 0 fully saturated rings. The Balaban J connectivity index is 2.27. The predicted molar refractivity (Wildman–Crippen MR) is 104 cm³/mol. The standard InChI is InChI=1S/C18H25ClFN3O2Si/c1-18(2,3)26(4,5)24-11-16(14-8-9-22-17(21)23-14)25-15-7-6-12(20)10-13(15)19/h6-10,16H,11H2,1-5H3,(H2,21,22,23). The van der Waals surface area contributed by atoms with Crippen molar-refractivity contribution < 1.29 is 13.6 Å². The highest BCUT2D eigenvalue weighted by Gasteiger charge is 2.38. The van der Waals surface area contributed by atoms with E-state index < -0.39 is 20.2 Å². The number of hydrogen-bond donors (Lipinski definition) is 1. The van der Waals surface area contributed by atoms with Gasteiger partial charge in [0.15, 0.2) is 14.4 Å². The lowest BCUT2D eigenvalue weighted by molar-refractivity contribution is 0.118. The van der Waals surface area contributed by atoms with Crippen molar-refractivity contribution in [3.63, 3.8) is 0 Å². The summed E-state index contributed by atoms with van der Waals surface area (Å²) < 4.78 is 25.6. The molecule has 0 aliphatic rings. The summed E-state index contributed by atoms with van der Waals surface area (Å²) >= 11 is 6.10. The van der Waals surface area contributed by atoms with Crippen LogP contribution in [0.15, 0.2) is 30.5 Å². The molecular weight excluding hydrogens is 373 g/mol. The SMILES string of the molecule is CC(C)(C)[Si](C)(C)OCC(Oc1ccc(F)cc1Cl)c1ccnc(N)n1. The van der Waals surface area contributed by atoms with Crippen LogP contribution in [0.3, 0.4) is 0 Å². The minimum atomic E-state index is -2.00. The number of nitrogens with two attached hydrogens (primary N) is 1. The first kappa shape index (κ1) is 20.6. The maximum absolute atomic E-state index is 13.3. The lowest BCUT2D eigenvalue weighted by Crippen LogP contribution is -2.42. The van der Waals surface area contributed by atoms with E-state index in [1.54, 1.807) is 12.3 Å². The molecule has 142 valence electrons. The molecule has 0 radical (unpaired) electrons. The van der Waals surface area contributed by atoms with Gasteiger partial charge in [-0.1, -0.05) is 32.4 Å². The summed E-state index contributed by atoms with van der Waals surface area (Å²) in [7, 11) is -2.00. The number of anilines is 1. The predicted octanol–water partition coefficient (Wildman–Crippen LogP) is 4.99. The zero-order valence-corrected chi connectivity index (χ0v) is 17.5. The van der Waals surface area contributed by atoms with E-state index in [2.05, 4.69) is 43.8 Å². The van der Waals surface area contributed by atoms with Crippen LogP contribution in [0, 0.1) is 5.82 Å². The van der Waals surface area contributed by atoms with Gasteiger partial charge in [-0.15, -0.1) is 0 Å². The van der Waals surface area contributed by atoms with Gasteiger partial charge in [-0.2, -0.15) is 0 Å². The fourth-order valence-corrected chi connectivity index (χ4v) is 3.18. The fourth-order valence-electron chi connectivity index (χ4n) is 1.97. The highest BCUT2D eigenvalue weighted by molar-refractivity contribution is 6.74. The van der Waals surface area contributed by atoms with Crippen molar-refractivity contribution >= 4 is 25.9 Å². The number of benzene rings is 1. The van der Waals surface area contributed by atoms with Gasteiger partial charge in [-0.05, 0) is 42.4 Å². The third kappa shape index (κ3) is 5.15. The summed E-state index contributed by atoms with van der Waals surface area (Å²) in [5.41, 5.74) is 6.29. The summed E-state index contributed by atoms with van der Waals surface area (Å²) in [5, 5.41) is 0.236. The van der Waals surface area contributed by atoms with Crippen LogP contribution in [0.2, 0.25) is 23.2 Å². The normalized spacial score (nSPS) is 13.5. The molecule has 0 amide bonds. The Bertz CT molecular complexity index is 768. The van der Waals surface area contributed by atoms with Gasteiger partial charge in [0, 0.05) is 6.20 Å². The molecule has 2 aromatic rings. The maximum atomic E-state index is 13.3. The lowest BCUT2D eigenvalue weighted by atomic mass is 10.2. The first-order valence-corrected chi connectivity index (χ1v) is 11.6. The minimum absolute atomic E-state index is 0.0514. The lowest BCUT2D eigenvalue weighted by Gasteiger charge is -2.37. The van der Waals surface area contributed by atoms with Gasteiger partial charge in [-0.25, -0.2) is 14.4 Å². The summed E-state index contributed by atoms with van der Waals surface area (Å²) in [6, 6.07) is 5.70. The first-order valence-electron chi connectivity index (χ1n) is 8.34. The Hall–Kier alpha value is -1.70. The topological polar surface area (TPSA) is 70.3 Å². The molecular formula is C18H25ClFN3O2Si. The Kier molecular flexibility index (Phi) is 6.26. The van der Waals surface area contributed by atoms with Gasteiger partial charge in [0.05, 0.1) is 17.3 Å². The van der Waals surface area contributed by atoms with Crippen molar-refractivity contribution in [3.05, 3.63) is 47.0 Å². The van der Waals surface area contributed by atoms with Crippen LogP contribution < -0.4 is 10.5 Å². The Labute approximate surface area is 159 Å². The van der Waals surface area contributed by atoms with Gasteiger partial charge in [0.25, 0.3) is 0 Å². The van der Waals surface area contributed by atoms with Gasteiger partial charge in [0.1, 0.15) is 11.6 Å². The minimum Gasteiger partial charge on any atom is -0.480 e. The second-order valence-corrected chi connectivity index (χ2v) is 12.8. The van der Waals surface area contributed by atoms with Gasteiger partial charge in [0.2, 0.25) is 5.95 Å². The van der Waals surface area contributed by atoms with Gasteiger partial charge < -0.3 is 14.9 Å². The summed E-state index contributed by atoms with van der Waals surface area (Å²) in [4.78, 5) is 8.15. The van der Waals surface area contributed by atoms with E-state index in [9.17, 15) is 4.39 Å². The quantitative estimate of drug-likeness (QED) is 0.695. The number of ether oxygens (including phenoxy) is 1. The van der Waals surface area contributed by atoms with E-state index in [4.69, 9.17) is 26.5 Å². The van der Waals surface area contributed by atoms with Crippen LogP contribution in [-0.2, 0) is 4.43 Å². The molecule has 0 saturated heterocycles. The number of hydrogen-bond acceptors (Lipinski definition) is 5. The monoisotopic (exact) mass is 397 g/mol. The molecule has 1 heterocycles. The number of rotatable bonds is 6. The molecule has 26 heavy (non-hydrogen) atoms. The maximum Gasteiger partial charge on any atom is 0.220 e. The summed E-state index contributed by atoms with van der Waals surface area (Å²) in [6.45, 7) is 11.1. The highest BCUT2D eigenvalue weighted by Crippen LogP contribution is 2.38. The smallest absolute Gasteiger partial charge is 0.220 e. The van der Waals surface area contributed by atoms with Gasteiger partial charge in [-0.3, -0.25) is 0 Å². The van der Waals surface area contributed by atoms with Crippen LogP contribution in [0.1, 0.15) is 32.6 Å². The van der Waals surface area contributed by atoms with E-state index >= 15 is 0 Å². The van der Waals surface area contributed by atoms with Gasteiger partial charge >= 0.3 is 0 Å². The molecule has 1 aromatic heterocycles. The molecule has 0 spiro atoms. The van der Waals surface area contributed by atoms with E-state index in [0.29, 0.717) is 11.4 Å². The second kappa shape index (κ2) is 7.90. The highest BCUT2D eigenvalue weighted by atomic mass is 35.5. The van der Waals surface area contributed by atoms with Crippen molar-refractivity contribution in [2.75, 3.05) is 12.3 Å². The zero-order chi connectivity index (χ0) is 19.5. The molecule has 0 aliphatic carbocycles. The first-order chi connectivity index (χ1) is 12.0. The molecule has 0 aliphatic heterocycles. The Morgan fingerprint density at radius 2 is 1.96 bits per heavy atom. The Morgan fingerprint density at radius 1 is 1.27 bits per heavy atom. The third-order valence-corrected chi connectivity index (χ3v) is 9.39. The summed E-state index contributed by atoms with van der Waals surface area (Å²) in [6.07, 6.45) is 1.02. The molecule has 1 atom stereocenters. The molecule has 0 bridgehead atoms. The number of nitrogens with zero attached hydrogens (tertiary/aromatic N) is 2. The zero-order valence-electron chi connectivity index (χ0n) is 15.7. The number of halogens is 2.